The van der Waals surface area contributed by atoms with Crippen LogP contribution in [0.4, 0.5) is 0 Å². The Balaban J connectivity index is 2.12. The summed E-state index contributed by atoms with van der Waals surface area (Å²) in [5.41, 5.74) is 1.39. The zero-order chi connectivity index (χ0) is 14.9. The van der Waals surface area contributed by atoms with E-state index in [-0.39, 0.29) is 5.41 Å². The van der Waals surface area contributed by atoms with Gasteiger partial charge in [0.1, 0.15) is 11.5 Å². The third kappa shape index (κ3) is 2.92. The Morgan fingerprint density at radius 1 is 0.714 bits per heavy atom. The molecule has 0 aliphatic rings. The Hall–Kier alpha value is -2.28. The van der Waals surface area contributed by atoms with E-state index in [4.69, 9.17) is 4.74 Å². The van der Waals surface area contributed by atoms with Crippen LogP contribution in [-0.2, 0) is 5.41 Å². The van der Waals surface area contributed by atoms with E-state index >= 15 is 0 Å². The van der Waals surface area contributed by atoms with E-state index in [9.17, 15) is 0 Å². The quantitative estimate of drug-likeness (QED) is 0.563. The average molecular weight is 276 g/mol. The van der Waals surface area contributed by atoms with Crippen molar-refractivity contribution in [3.05, 3.63) is 72.3 Å². The van der Waals surface area contributed by atoms with Crippen molar-refractivity contribution in [3.8, 4) is 11.5 Å². The number of para-hydroxylation sites is 1. The number of ether oxygens (including phenoxy) is 1. The number of hydrogen-bond donors (Lipinski definition) is 0. The number of rotatable bonds is 2. The van der Waals surface area contributed by atoms with Gasteiger partial charge in [0.15, 0.2) is 0 Å². The first-order valence-electron chi connectivity index (χ1n) is 7.30. The molecule has 0 fully saturated rings. The molecular weight excluding hydrogens is 256 g/mol. The minimum Gasteiger partial charge on any atom is -0.457 e. The van der Waals surface area contributed by atoms with Gasteiger partial charge in [-0.15, -0.1) is 0 Å². The summed E-state index contributed by atoms with van der Waals surface area (Å²) in [6.07, 6.45) is 0. The van der Waals surface area contributed by atoms with Crippen LogP contribution < -0.4 is 4.74 Å². The summed E-state index contributed by atoms with van der Waals surface area (Å²) < 4.78 is 6.02. The summed E-state index contributed by atoms with van der Waals surface area (Å²) >= 11 is 0. The molecular formula is C20H20O. The van der Waals surface area contributed by atoms with Gasteiger partial charge in [-0.2, -0.15) is 0 Å². The molecule has 0 bridgehead atoms. The van der Waals surface area contributed by atoms with Crippen molar-refractivity contribution >= 4 is 10.8 Å². The van der Waals surface area contributed by atoms with Gasteiger partial charge < -0.3 is 4.74 Å². The highest BCUT2D eigenvalue weighted by Gasteiger charge is 2.18. The molecule has 3 aromatic carbocycles. The van der Waals surface area contributed by atoms with Crippen LogP contribution in [0.2, 0.25) is 0 Å². The monoisotopic (exact) mass is 276 g/mol. The normalized spacial score (nSPS) is 11.6. The molecule has 0 radical (unpaired) electrons. The molecule has 0 saturated heterocycles. The molecule has 0 spiro atoms. The van der Waals surface area contributed by atoms with Gasteiger partial charge in [0.05, 0.1) is 0 Å². The maximum Gasteiger partial charge on any atom is 0.128 e. The Morgan fingerprint density at radius 3 is 2.10 bits per heavy atom. The van der Waals surface area contributed by atoms with Crippen molar-refractivity contribution in [2.24, 2.45) is 0 Å². The minimum absolute atomic E-state index is 0.0790. The van der Waals surface area contributed by atoms with E-state index in [0.29, 0.717) is 0 Å². The largest absolute Gasteiger partial charge is 0.457 e. The molecule has 0 aliphatic carbocycles. The predicted octanol–water partition coefficient (Wildman–Crippen LogP) is 5.93. The molecule has 21 heavy (non-hydrogen) atoms. The van der Waals surface area contributed by atoms with E-state index < -0.39 is 0 Å². The van der Waals surface area contributed by atoms with E-state index in [1.165, 1.54) is 16.3 Å². The summed E-state index contributed by atoms with van der Waals surface area (Å²) in [6.45, 7) is 6.71. The van der Waals surface area contributed by atoms with Crippen molar-refractivity contribution in [3.63, 3.8) is 0 Å². The number of hydrogen-bond acceptors (Lipinski definition) is 1. The summed E-state index contributed by atoms with van der Waals surface area (Å²) in [4.78, 5) is 0. The van der Waals surface area contributed by atoms with Crippen LogP contribution in [0.5, 0.6) is 11.5 Å². The molecule has 0 unspecified atom stereocenters. The Morgan fingerprint density at radius 2 is 1.38 bits per heavy atom. The first-order chi connectivity index (χ1) is 10.0. The van der Waals surface area contributed by atoms with Crippen LogP contribution >= 0.6 is 0 Å². The van der Waals surface area contributed by atoms with Crippen molar-refractivity contribution < 1.29 is 4.74 Å². The van der Waals surface area contributed by atoms with Crippen LogP contribution in [0.1, 0.15) is 26.3 Å². The second-order valence-electron chi connectivity index (χ2n) is 6.36. The Labute approximate surface area is 126 Å². The first kappa shape index (κ1) is 13.7. The molecule has 0 aromatic heterocycles. The highest BCUT2D eigenvalue weighted by Crippen LogP contribution is 2.35. The van der Waals surface area contributed by atoms with Gasteiger partial charge in [0, 0.05) is 0 Å². The zero-order valence-electron chi connectivity index (χ0n) is 12.8. The Bertz CT molecular complexity index is 752. The smallest absolute Gasteiger partial charge is 0.128 e. The van der Waals surface area contributed by atoms with Crippen molar-refractivity contribution in [2.45, 2.75) is 26.2 Å². The molecule has 0 saturated carbocycles. The summed E-state index contributed by atoms with van der Waals surface area (Å²) in [5.74, 6) is 1.76. The van der Waals surface area contributed by atoms with E-state index in [1.54, 1.807) is 0 Å². The fraction of sp³-hybridized carbons (Fsp3) is 0.200. The van der Waals surface area contributed by atoms with Gasteiger partial charge in [-0.3, -0.25) is 0 Å². The molecule has 106 valence electrons. The van der Waals surface area contributed by atoms with Crippen LogP contribution in [0.15, 0.2) is 66.7 Å². The SMILES string of the molecule is CC(C)(C)c1cc(Oc2ccccc2)cc2ccccc12. The molecule has 3 aromatic rings. The van der Waals surface area contributed by atoms with Crippen molar-refractivity contribution in [1.82, 2.24) is 0 Å². The molecule has 0 N–H and O–H groups in total. The summed E-state index contributed by atoms with van der Waals surface area (Å²) in [5, 5.41) is 2.52. The first-order valence-corrected chi connectivity index (χ1v) is 7.30. The molecule has 1 heteroatoms. The maximum absolute atomic E-state index is 6.02. The third-order valence-corrected chi connectivity index (χ3v) is 3.62. The topological polar surface area (TPSA) is 9.23 Å². The number of benzene rings is 3. The van der Waals surface area contributed by atoms with Gasteiger partial charge >= 0.3 is 0 Å². The van der Waals surface area contributed by atoms with Crippen molar-refractivity contribution in [1.29, 1.82) is 0 Å². The fourth-order valence-corrected chi connectivity index (χ4v) is 2.59. The highest BCUT2D eigenvalue weighted by molar-refractivity contribution is 5.88. The highest BCUT2D eigenvalue weighted by atomic mass is 16.5. The van der Waals surface area contributed by atoms with Crippen LogP contribution in [-0.4, -0.2) is 0 Å². The van der Waals surface area contributed by atoms with Gasteiger partial charge in [-0.25, -0.2) is 0 Å². The molecule has 3 rings (SSSR count). The van der Waals surface area contributed by atoms with Gasteiger partial charge in [0.25, 0.3) is 0 Å². The molecule has 0 atom stereocenters. The predicted molar refractivity (Wildman–Crippen MR) is 89.2 cm³/mol. The van der Waals surface area contributed by atoms with Crippen LogP contribution in [0, 0.1) is 0 Å². The standard InChI is InChI=1S/C20H20O/c1-20(2,3)19-14-17(21-16-10-5-4-6-11-16)13-15-9-7-8-12-18(15)19/h4-14H,1-3H3. The second-order valence-corrected chi connectivity index (χ2v) is 6.36. The molecule has 0 amide bonds. The number of fused-ring (bicyclic) bond motifs is 1. The van der Waals surface area contributed by atoms with Crippen LogP contribution in [0.25, 0.3) is 10.8 Å². The lowest BCUT2D eigenvalue weighted by molar-refractivity contribution is 0.480. The van der Waals surface area contributed by atoms with E-state index in [1.807, 2.05) is 30.3 Å². The lowest BCUT2D eigenvalue weighted by Gasteiger charge is -2.22. The average Bonchev–Trinajstić information content (AvgIpc) is 2.46. The molecule has 0 heterocycles. The summed E-state index contributed by atoms with van der Waals surface area (Å²) in [6, 6.07) is 22.7. The fourth-order valence-electron chi connectivity index (χ4n) is 2.59. The maximum atomic E-state index is 6.02. The lowest BCUT2D eigenvalue weighted by Crippen LogP contribution is -2.11. The lowest BCUT2D eigenvalue weighted by atomic mass is 9.83. The van der Waals surface area contributed by atoms with Gasteiger partial charge in [-0.05, 0) is 46.0 Å². The van der Waals surface area contributed by atoms with Crippen LogP contribution in [0.3, 0.4) is 0 Å². The molecule has 1 nitrogen and oxygen atoms in total. The second kappa shape index (κ2) is 5.25. The van der Waals surface area contributed by atoms with Gasteiger partial charge in [0.2, 0.25) is 0 Å². The van der Waals surface area contributed by atoms with Gasteiger partial charge in [-0.1, -0.05) is 63.2 Å². The van der Waals surface area contributed by atoms with E-state index in [2.05, 4.69) is 57.2 Å². The third-order valence-electron chi connectivity index (χ3n) is 3.62. The minimum atomic E-state index is 0.0790. The summed E-state index contributed by atoms with van der Waals surface area (Å²) in [7, 11) is 0. The van der Waals surface area contributed by atoms with Crippen molar-refractivity contribution in [2.75, 3.05) is 0 Å². The zero-order valence-corrected chi connectivity index (χ0v) is 12.8. The molecule has 0 aliphatic heterocycles. The Kier molecular flexibility index (Phi) is 3.42. The van der Waals surface area contributed by atoms with E-state index in [0.717, 1.165) is 11.5 Å².